The van der Waals surface area contributed by atoms with Crippen molar-refractivity contribution in [1.29, 1.82) is 0 Å². The SMILES string of the molecule is CC(C)(C)OC(=O)n1cc(CC2CN3CC(c4cccnc4)=CCC3CN2C(=O)c2cc(C(F)(F)F)cc(C(F)(F)F)c2)c2ccccc21. The van der Waals surface area contributed by atoms with Crippen LogP contribution < -0.4 is 0 Å². The number of hydrogen-bond donors (Lipinski definition) is 0. The zero-order valence-corrected chi connectivity index (χ0v) is 27.0. The smallest absolute Gasteiger partial charge is 0.419 e. The number of ether oxygens (including phenoxy) is 1. The van der Waals surface area contributed by atoms with Gasteiger partial charge < -0.3 is 9.64 Å². The maximum absolute atomic E-state index is 14.1. The highest BCUT2D eigenvalue weighted by Crippen LogP contribution is 2.38. The number of alkyl halides is 6. The lowest BCUT2D eigenvalue weighted by atomic mass is 9.91. The number of para-hydroxylation sites is 1. The van der Waals surface area contributed by atoms with E-state index < -0.39 is 52.7 Å². The number of nitrogens with zero attached hydrogens (tertiary/aromatic N) is 4. The normalized spacial score (nSPS) is 19.0. The minimum Gasteiger partial charge on any atom is -0.443 e. The van der Waals surface area contributed by atoms with Crippen molar-refractivity contribution in [2.45, 2.75) is 63.7 Å². The van der Waals surface area contributed by atoms with Gasteiger partial charge in [-0.2, -0.15) is 26.3 Å². The van der Waals surface area contributed by atoms with Crippen LogP contribution in [0.25, 0.3) is 16.5 Å². The number of carbonyl (C=O) groups is 2. The molecule has 2 aliphatic rings. The van der Waals surface area contributed by atoms with Crippen LogP contribution in [0.1, 0.15) is 59.8 Å². The third-order valence-corrected chi connectivity index (χ3v) is 8.79. The van der Waals surface area contributed by atoms with Crippen LogP contribution in [0.15, 0.2) is 79.3 Å². The summed E-state index contributed by atoms with van der Waals surface area (Å²) in [5, 5.41) is 0.705. The number of piperazine rings is 1. The molecule has 4 heterocycles. The van der Waals surface area contributed by atoms with Crippen LogP contribution >= 0.6 is 0 Å². The Labute approximate surface area is 278 Å². The van der Waals surface area contributed by atoms with Gasteiger partial charge in [0.1, 0.15) is 5.60 Å². The first-order chi connectivity index (χ1) is 23.0. The molecule has 2 aromatic heterocycles. The molecule has 1 fully saturated rings. The third-order valence-electron chi connectivity index (χ3n) is 8.79. The second kappa shape index (κ2) is 12.7. The van der Waals surface area contributed by atoms with Crippen molar-refractivity contribution in [3.05, 3.63) is 107 Å². The predicted octanol–water partition coefficient (Wildman–Crippen LogP) is 8.08. The summed E-state index contributed by atoms with van der Waals surface area (Å²) in [5.74, 6) is -0.931. The molecule has 0 aliphatic carbocycles. The quantitative estimate of drug-likeness (QED) is 0.204. The van der Waals surface area contributed by atoms with Gasteiger partial charge in [-0.1, -0.05) is 30.3 Å². The zero-order valence-electron chi connectivity index (χ0n) is 27.0. The van der Waals surface area contributed by atoms with Gasteiger partial charge >= 0.3 is 18.4 Å². The number of fused-ring (bicyclic) bond motifs is 2. The number of aromatic nitrogens is 2. The summed E-state index contributed by atoms with van der Waals surface area (Å²) in [6, 6.07) is 11.0. The largest absolute Gasteiger partial charge is 0.443 e. The van der Waals surface area contributed by atoms with Gasteiger partial charge in [0.25, 0.3) is 5.91 Å². The summed E-state index contributed by atoms with van der Waals surface area (Å²) in [6.45, 7) is 6.09. The van der Waals surface area contributed by atoms with Crippen molar-refractivity contribution < 1.29 is 40.7 Å². The van der Waals surface area contributed by atoms with Gasteiger partial charge in [-0.05, 0) is 80.6 Å². The average molecular weight is 685 g/mol. The van der Waals surface area contributed by atoms with Crippen molar-refractivity contribution in [2.24, 2.45) is 0 Å². The first kappa shape index (κ1) is 34.2. The highest BCUT2D eigenvalue weighted by molar-refractivity contribution is 5.95. The van der Waals surface area contributed by atoms with Gasteiger partial charge in [0, 0.05) is 61.3 Å². The van der Waals surface area contributed by atoms with Gasteiger partial charge in [-0.3, -0.25) is 19.2 Å². The second-order valence-corrected chi connectivity index (χ2v) is 13.4. The van der Waals surface area contributed by atoms with Crippen molar-refractivity contribution in [3.63, 3.8) is 0 Å². The van der Waals surface area contributed by atoms with Crippen LogP contribution in [0.5, 0.6) is 0 Å². The van der Waals surface area contributed by atoms with Gasteiger partial charge in [-0.15, -0.1) is 0 Å². The monoisotopic (exact) mass is 684 g/mol. The van der Waals surface area contributed by atoms with Crippen molar-refractivity contribution in [3.8, 4) is 0 Å². The van der Waals surface area contributed by atoms with E-state index >= 15 is 0 Å². The maximum Gasteiger partial charge on any atom is 0.419 e. The number of hydrogen-bond acceptors (Lipinski definition) is 5. The summed E-state index contributed by atoms with van der Waals surface area (Å²) < 4.78 is 89.6. The molecule has 7 nitrogen and oxygen atoms in total. The lowest BCUT2D eigenvalue weighted by molar-refractivity contribution is -0.143. The Hall–Kier alpha value is -4.65. The summed E-state index contributed by atoms with van der Waals surface area (Å²) in [7, 11) is 0. The van der Waals surface area contributed by atoms with Crippen LogP contribution in [0.4, 0.5) is 31.1 Å². The topological polar surface area (TPSA) is 67.7 Å². The molecular formula is C36H34F6N4O3. The number of benzene rings is 2. The van der Waals surface area contributed by atoms with E-state index in [2.05, 4.69) is 9.88 Å². The van der Waals surface area contributed by atoms with E-state index in [1.807, 2.05) is 24.3 Å². The Bertz CT molecular complexity index is 1880. The molecule has 0 spiro atoms. The molecule has 2 aromatic carbocycles. The standard InChI is InChI=1S/C36H34F6N4O3/c1-34(2,3)49-33(48)46-19-25(30-8-4-5-9-31(30)46)15-29-20-44-18-23(22-7-6-12-43-17-22)10-11-28(44)21-45(29)32(47)24-13-26(35(37,38)39)16-27(14-24)36(40,41)42/h4-10,12-14,16-17,19,28-29H,11,15,18,20-21H2,1-3H3. The molecule has 258 valence electrons. The molecule has 0 radical (unpaired) electrons. The summed E-state index contributed by atoms with van der Waals surface area (Å²) in [5.41, 5.74) is -1.39. The first-order valence-corrected chi connectivity index (χ1v) is 15.7. The molecular weight excluding hydrogens is 650 g/mol. The molecule has 6 rings (SSSR count). The number of carbonyl (C=O) groups excluding carboxylic acids is 2. The Morgan fingerprint density at radius 1 is 0.918 bits per heavy atom. The minimum atomic E-state index is -5.10. The van der Waals surface area contributed by atoms with Crippen LogP contribution in [0, 0.1) is 0 Å². The Balaban J connectivity index is 1.40. The summed E-state index contributed by atoms with van der Waals surface area (Å²) in [6.07, 6.45) is -3.07. The molecule has 1 amide bonds. The van der Waals surface area contributed by atoms with Crippen LogP contribution in [0.3, 0.4) is 0 Å². The van der Waals surface area contributed by atoms with E-state index in [4.69, 9.17) is 4.74 Å². The fraction of sp³-hybridized carbons (Fsp3) is 0.361. The van der Waals surface area contributed by atoms with Gasteiger partial charge in [0.15, 0.2) is 0 Å². The molecule has 2 aliphatic heterocycles. The lowest BCUT2D eigenvalue weighted by Gasteiger charge is -2.48. The highest BCUT2D eigenvalue weighted by Gasteiger charge is 2.41. The lowest BCUT2D eigenvalue weighted by Crippen LogP contribution is -2.61. The highest BCUT2D eigenvalue weighted by atomic mass is 19.4. The molecule has 4 aromatic rings. The molecule has 0 saturated carbocycles. The molecule has 13 heteroatoms. The van der Waals surface area contributed by atoms with Gasteiger partial charge in [0.2, 0.25) is 0 Å². The first-order valence-electron chi connectivity index (χ1n) is 15.7. The molecule has 0 bridgehead atoms. The minimum absolute atomic E-state index is 0.0175. The van der Waals surface area contributed by atoms with Crippen LogP contribution in [-0.2, 0) is 23.5 Å². The Morgan fingerprint density at radius 2 is 1.61 bits per heavy atom. The van der Waals surface area contributed by atoms with E-state index in [9.17, 15) is 35.9 Å². The molecule has 0 N–H and O–H groups in total. The van der Waals surface area contributed by atoms with E-state index in [1.165, 1.54) is 9.47 Å². The molecule has 2 atom stereocenters. The van der Waals surface area contributed by atoms with Crippen LogP contribution in [0.2, 0.25) is 0 Å². The number of amides is 1. The maximum atomic E-state index is 14.1. The molecule has 49 heavy (non-hydrogen) atoms. The van der Waals surface area contributed by atoms with Crippen molar-refractivity contribution >= 4 is 28.5 Å². The second-order valence-electron chi connectivity index (χ2n) is 13.4. The van der Waals surface area contributed by atoms with E-state index in [1.54, 1.807) is 57.6 Å². The Morgan fingerprint density at radius 3 is 2.24 bits per heavy atom. The fourth-order valence-corrected chi connectivity index (χ4v) is 6.55. The third kappa shape index (κ3) is 7.36. The van der Waals surface area contributed by atoms with Crippen molar-refractivity contribution in [2.75, 3.05) is 19.6 Å². The summed E-state index contributed by atoms with van der Waals surface area (Å²) >= 11 is 0. The zero-order chi connectivity index (χ0) is 35.3. The van der Waals surface area contributed by atoms with Gasteiger partial charge in [-0.25, -0.2) is 4.79 Å². The number of pyridine rings is 1. The number of rotatable bonds is 4. The van der Waals surface area contributed by atoms with E-state index in [0.717, 1.165) is 11.1 Å². The number of halogens is 6. The predicted molar refractivity (Wildman–Crippen MR) is 171 cm³/mol. The molecule has 1 saturated heterocycles. The van der Waals surface area contributed by atoms with E-state index in [-0.39, 0.29) is 31.6 Å². The van der Waals surface area contributed by atoms with Crippen LogP contribution in [-0.4, -0.2) is 68.7 Å². The Kier molecular flexibility index (Phi) is 8.85. The molecule has 2 unspecified atom stereocenters. The van der Waals surface area contributed by atoms with Crippen molar-refractivity contribution in [1.82, 2.24) is 19.4 Å². The van der Waals surface area contributed by atoms with Gasteiger partial charge in [0.05, 0.1) is 16.6 Å². The van der Waals surface area contributed by atoms with E-state index in [0.29, 0.717) is 41.6 Å². The summed E-state index contributed by atoms with van der Waals surface area (Å²) in [4.78, 5) is 35.1. The fourth-order valence-electron chi connectivity index (χ4n) is 6.55. The average Bonchev–Trinajstić information content (AvgIpc) is 3.41.